The van der Waals surface area contributed by atoms with Gasteiger partial charge in [0.05, 0.1) is 27.2 Å². The van der Waals surface area contributed by atoms with Gasteiger partial charge in [0, 0.05) is 0 Å². The molecule has 8 heteroatoms. The Morgan fingerprint density at radius 1 is 1.14 bits per heavy atom. The average molecular weight is 350 g/mol. The molecule has 2 aromatic carbocycles. The molecule has 0 amide bonds. The van der Waals surface area contributed by atoms with Crippen LogP contribution in [0.15, 0.2) is 41.3 Å². The summed E-state index contributed by atoms with van der Waals surface area (Å²) >= 11 is 11.2. The number of halogens is 3. The molecule has 2 N–H and O–H groups in total. The highest BCUT2D eigenvalue weighted by molar-refractivity contribution is 7.92. The Morgan fingerprint density at radius 2 is 1.71 bits per heavy atom. The lowest BCUT2D eigenvalue weighted by Gasteiger charge is -2.12. The van der Waals surface area contributed by atoms with E-state index >= 15 is 0 Å². The van der Waals surface area contributed by atoms with Gasteiger partial charge in [0.2, 0.25) is 0 Å². The normalized spacial score (nSPS) is 11.4. The first-order valence-corrected chi connectivity index (χ1v) is 7.95. The van der Waals surface area contributed by atoms with E-state index in [0.29, 0.717) is 0 Å². The summed E-state index contributed by atoms with van der Waals surface area (Å²) in [7, 11) is -3.95. The summed E-state index contributed by atoms with van der Waals surface area (Å²) in [5.41, 5.74) is 0.267. The van der Waals surface area contributed by atoms with Crippen LogP contribution in [-0.2, 0) is 16.6 Å². The maximum absolute atomic E-state index is 13.3. The van der Waals surface area contributed by atoms with Crippen molar-refractivity contribution in [1.29, 1.82) is 0 Å². The van der Waals surface area contributed by atoms with Crippen molar-refractivity contribution in [3.8, 4) is 0 Å². The minimum atomic E-state index is -3.95. The van der Waals surface area contributed by atoms with Crippen LogP contribution in [0.3, 0.4) is 0 Å². The second-order valence-corrected chi connectivity index (χ2v) is 6.59. The zero-order chi connectivity index (χ0) is 15.6. The van der Waals surface area contributed by atoms with Gasteiger partial charge >= 0.3 is 0 Å². The second kappa shape index (κ2) is 6.19. The van der Waals surface area contributed by atoms with Crippen LogP contribution in [0.25, 0.3) is 0 Å². The molecule has 0 bridgehead atoms. The van der Waals surface area contributed by atoms with Crippen molar-refractivity contribution in [3.05, 3.63) is 57.8 Å². The highest BCUT2D eigenvalue weighted by Crippen LogP contribution is 2.29. The molecule has 112 valence electrons. The van der Waals surface area contributed by atoms with Crippen molar-refractivity contribution in [2.75, 3.05) is 4.72 Å². The van der Waals surface area contributed by atoms with Gasteiger partial charge in [-0.15, -0.1) is 0 Å². The van der Waals surface area contributed by atoms with Gasteiger partial charge in [-0.3, -0.25) is 4.72 Å². The molecule has 0 aliphatic carbocycles. The number of hydrogen-bond acceptors (Lipinski definition) is 3. The molecule has 0 heterocycles. The number of sulfonamides is 1. The van der Waals surface area contributed by atoms with Crippen molar-refractivity contribution < 1.29 is 17.9 Å². The highest BCUT2D eigenvalue weighted by atomic mass is 35.5. The molecule has 21 heavy (non-hydrogen) atoms. The molecule has 0 saturated heterocycles. The quantitative estimate of drug-likeness (QED) is 0.831. The minimum absolute atomic E-state index is 0.0270. The summed E-state index contributed by atoms with van der Waals surface area (Å²) < 4.78 is 40.1. The average Bonchev–Trinajstić information content (AvgIpc) is 2.44. The monoisotopic (exact) mass is 349 g/mol. The number of hydrogen-bond donors (Lipinski definition) is 2. The smallest absolute Gasteiger partial charge is 0.262 e. The van der Waals surface area contributed by atoms with E-state index in [1.54, 1.807) is 6.07 Å². The van der Waals surface area contributed by atoms with E-state index in [9.17, 15) is 17.9 Å². The standard InChI is InChI=1S/C13H10Cl2FNO3S/c14-10-5-9(6-11(15)13(10)16)17-21(19,20)12-4-2-1-3-8(12)7-18/h1-6,17-18H,7H2. The van der Waals surface area contributed by atoms with Gasteiger partial charge in [-0.25, -0.2) is 12.8 Å². The lowest BCUT2D eigenvalue weighted by molar-refractivity contribution is 0.278. The summed E-state index contributed by atoms with van der Waals surface area (Å²) in [4.78, 5) is -0.0796. The van der Waals surface area contributed by atoms with Gasteiger partial charge in [0.1, 0.15) is 0 Å². The Hall–Kier alpha value is -1.34. The van der Waals surface area contributed by atoms with E-state index in [0.717, 1.165) is 12.1 Å². The first-order valence-electron chi connectivity index (χ1n) is 5.71. The van der Waals surface area contributed by atoms with Gasteiger partial charge in [-0.05, 0) is 23.8 Å². The molecular formula is C13H10Cl2FNO3S. The van der Waals surface area contributed by atoms with Gasteiger partial charge in [0.25, 0.3) is 10.0 Å². The number of nitrogens with one attached hydrogen (secondary N) is 1. The number of benzene rings is 2. The molecule has 0 fully saturated rings. The third-order valence-electron chi connectivity index (χ3n) is 2.67. The number of rotatable bonds is 4. The minimum Gasteiger partial charge on any atom is -0.392 e. The first kappa shape index (κ1) is 16.0. The van der Waals surface area contributed by atoms with Gasteiger partial charge in [0.15, 0.2) is 5.82 Å². The molecule has 0 spiro atoms. The third-order valence-corrected chi connectivity index (χ3v) is 4.70. The summed E-state index contributed by atoms with van der Waals surface area (Å²) in [6.07, 6.45) is 0. The SMILES string of the molecule is O=S(=O)(Nc1cc(Cl)c(F)c(Cl)c1)c1ccccc1CO. The highest BCUT2D eigenvalue weighted by Gasteiger charge is 2.19. The van der Waals surface area contributed by atoms with Gasteiger partial charge in [-0.1, -0.05) is 41.4 Å². The van der Waals surface area contributed by atoms with E-state index in [2.05, 4.69) is 4.72 Å². The zero-order valence-electron chi connectivity index (χ0n) is 10.5. The molecule has 0 atom stereocenters. The van der Waals surface area contributed by atoms with Crippen LogP contribution in [0.1, 0.15) is 5.56 Å². The largest absolute Gasteiger partial charge is 0.392 e. The van der Waals surface area contributed by atoms with Crippen LogP contribution < -0.4 is 4.72 Å². The summed E-state index contributed by atoms with van der Waals surface area (Å²) in [5, 5.41) is 8.60. The van der Waals surface area contributed by atoms with E-state index < -0.39 is 22.4 Å². The van der Waals surface area contributed by atoms with Crippen LogP contribution in [0.5, 0.6) is 0 Å². The lowest BCUT2D eigenvalue weighted by atomic mass is 10.2. The Balaban J connectivity index is 2.42. The lowest BCUT2D eigenvalue weighted by Crippen LogP contribution is -2.15. The molecule has 0 aliphatic rings. The van der Waals surface area contributed by atoms with E-state index in [-0.39, 0.29) is 26.2 Å². The first-order chi connectivity index (χ1) is 9.85. The fraction of sp³-hybridized carbons (Fsp3) is 0.0769. The molecule has 0 aliphatic heterocycles. The van der Waals surface area contributed by atoms with E-state index in [1.807, 2.05) is 0 Å². The number of aliphatic hydroxyl groups excluding tert-OH is 1. The van der Waals surface area contributed by atoms with E-state index in [4.69, 9.17) is 23.2 Å². The maximum atomic E-state index is 13.3. The van der Waals surface area contributed by atoms with Crippen LogP contribution in [-0.4, -0.2) is 13.5 Å². The topological polar surface area (TPSA) is 66.4 Å². The molecule has 0 aromatic heterocycles. The fourth-order valence-corrected chi connectivity index (χ4v) is 3.48. The van der Waals surface area contributed by atoms with Crippen molar-refractivity contribution in [2.24, 2.45) is 0 Å². The molecule has 0 saturated carbocycles. The second-order valence-electron chi connectivity index (χ2n) is 4.13. The van der Waals surface area contributed by atoms with Crippen LogP contribution in [0.4, 0.5) is 10.1 Å². The fourth-order valence-electron chi connectivity index (χ4n) is 1.72. The molecule has 0 unspecified atom stereocenters. The maximum Gasteiger partial charge on any atom is 0.262 e. The molecule has 0 radical (unpaired) electrons. The molecule has 2 aromatic rings. The van der Waals surface area contributed by atoms with E-state index in [1.165, 1.54) is 18.2 Å². The van der Waals surface area contributed by atoms with Crippen molar-refractivity contribution >= 4 is 38.9 Å². The van der Waals surface area contributed by atoms with Crippen molar-refractivity contribution in [3.63, 3.8) is 0 Å². The molecule has 4 nitrogen and oxygen atoms in total. The van der Waals surface area contributed by atoms with Crippen molar-refractivity contribution in [1.82, 2.24) is 0 Å². The van der Waals surface area contributed by atoms with Gasteiger partial charge in [-0.2, -0.15) is 0 Å². The predicted molar refractivity (Wildman–Crippen MR) is 79.6 cm³/mol. The summed E-state index contributed by atoms with van der Waals surface area (Å²) in [6.45, 7) is -0.429. The zero-order valence-corrected chi connectivity index (χ0v) is 12.8. The Bertz CT molecular complexity index is 758. The number of aliphatic hydroxyl groups is 1. The Kier molecular flexibility index (Phi) is 4.73. The van der Waals surface area contributed by atoms with Gasteiger partial charge < -0.3 is 5.11 Å². The number of anilines is 1. The predicted octanol–water partition coefficient (Wildman–Crippen LogP) is 3.43. The van der Waals surface area contributed by atoms with Crippen LogP contribution >= 0.6 is 23.2 Å². The third kappa shape index (κ3) is 3.47. The molecular weight excluding hydrogens is 340 g/mol. The van der Waals surface area contributed by atoms with Crippen molar-refractivity contribution in [2.45, 2.75) is 11.5 Å². The Labute approximate surface area is 131 Å². The molecule has 2 rings (SSSR count). The summed E-state index contributed by atoms with van der Waals surface area (Å²) in [6, 6.07) is 8.19. The Morgan fingerprint density at radius 3 is 2.29 bits per heavy atom. The van der Waals surface area contributed by atoms with Crippen LogP contribution in [0, 0.1) is 5.82 Å². The van der Waals surface area contributed by atoms with Crippen LogP contribution in [0.2, 0.25) is 10.0 Å². The summed E-state index contributed by atoms with van der Waals surface area (Å²) in [5.74, 6) is -0.822.